The first kappa shape index (κ1) is 12.2. The van der Waals surface area contributed by atoms with E-state index >= 15 is 0 Å². The number of nitrogens with one attached hydrogen (secondary N) is 1. The van der Waals surface area contributed by atoms with Crippen LogP contribution in [0.1, 0.15) is 6.42 Å². The van der Waals surface area contributed by atoms with Gasteiger partial charge < -0.3 is 16.0 Å². The number of halogens is 1. The highest BCUT2D eigenvalue weighted by Gasteiger charge is 1.99. The van der Waals surface area contributed by atoms with E-state index in [0.717, 1.165) is 19.5 Å². The SMILES string of the molecule is CN(C)CCCNc1nc(N)cc(Br)n1. The lowest BCUT2D eigenvalue weighted by atomic mass is 10.4. The van der Waals surface area contributed by atoms with Crippen LogP contribution >= 0.6 is 15.9 Å². The smallest absolute Gasteiger partial charge is 0.225 e. The van der Waals surface area contributed by atoms with E-state index in [1.165, 1.54) is 0 Å². The fourth-order valence-electron chi connectivity index (χ4n) is 1.11. The van der Waals surface area contributed by atoms with Gasteiger partial charge in [0.25, 0.3) is 0 Å². The molecule has 15 heavy (non-hydrogen) atoms. The van der Waals surface area contributed by atoms with Gasteiger partial charge in [-0.25, -0.2) is 4.98 Å². The zero-order valence-corrected chi connectivity index (χ0v) is 10.6. The van der Waals surface area contributed by atoms with Crippen molar-refractivity contribution in [1.29, 1.82) is 0 Å². The van der Waals surface area contributed by atoms with E-state index in [4.69, 9.17) is 5.73 Å². The molecule has 1 aromatic heterocycles. The highest BCUT2D eigenvalue weighted by atomic mass is 79.9. The predicted octanol–water partition coefficient (Wildman–Crippen LogP) is 1.18. The van der Waals surface area contributed by atoms with Crippen molar-refractivity contribution < 1.29 is 0 Å². The van der Waals surface area contributed by atoms with Crippen molar-refractivity contribution in [3.63, 3.8) is 0 Å². The number of rotatable bonds is 5. The first-order valence-electron chi connectivity index (χ1n) is 4.76. The quantitative estimate of drug-likeness (QED) is 0.623. The van der Waals surface area contributed by atoms with Crippen molar-refractivity contribution in [2.75, 3.05) is 38.2 Å². The summed E-state index contributed by atoms with van der Waals surface area (Å²) in [5, 5.41) is 3.12. The third-order valence-electron chi connectivity index (χ3n) is 1.78. The van der Waals surface area contributed by atoms with Crippen molar-refractivity contribution in [3.8, 4) is 0 Å². The van der Waals surface area contributed by atoms with E-state index in [0.29, 0.717) is 16.4 Å². The van der Waals surface area contributed by atoms with Gasteiger partial charge in [0.05, 0.1) is 0 Å². The molecule has 1 rings (SSSR count). The Kier molecular flexibility index (Phi) is 4.77. The molecule has 0 amide bonds. The van der Waals surface area contributed by atoms with E-state index in [1.807, 2.05) is 14.1 Å². The minimum absolute atomic E-state index is 0.465. The minimum Gasteiger partial charge on any atom is -0.383 e. The molecule has 0 aliphatic heterocycles. The molecule has 84 valence electrons. The second-order valence-electron chi connectivity index (χ2n) is 3.52. The number of nitrogen functional groups attached to an aromatic ring is 1. The number of anilines is 2. The molecular formula is C9H16BrN5. The molecule has 0 bridgehead atoms. The van der Waals surface area contributed by atoms with Crippen LogP contribution in [0.5, 0.6) is 0 Å². The van der Waals surface area contributed by atoms with Gasteiger partial charge in [-0.2, -0.15) is 4.98 Å². The molecular weight excluding hydrogens is 258 g/mol. The first-order valence-corrected chi connectivity index (χ1v) is 5.56. The predicted molar refractivity (Wildman–Crippen MR) is 65.8 cm³/mol. The van der Waals surface area contributed by atoms with Gasteiger partial charge in [-0.1, -0.05) is 0 Å². The topological polar surface area (TPSA) is 67.1 Å². The van der Waals surface area contributed by atoms with Gasteiger partial charge in [-0.15, -0.1) is 0 Å². The number of hydrogen-bond donors (Lipinski definition) is 2. The number of hydrogen-bond acceptors (Lipinski definition) is 5. The molecule has 1 heterocycles. The van der Waals surface area contributed by atoms with Crippen molar-refractivity contribution in [2.24, 2.45) is 0 Å². The summed E-state index contributed by atoms with van der Waals surface area (Å²) in [5.74, 6) is 1.03. The van der Waals surface area contributed by atoms with Gasteiger partial charge in [-0.05, 0) is 43.0 Å². The molecule has 0 aliphatic rings. The third kappa shape index (κ3) is 4.94. The van der Waals surface area contributed by atoms with E-state index in [2.05, 4.69) is 36.1 Å². The summed E-state index contributed by atoms with van der Waals surface area (Å²) in [7, 11) is 4.10. The van der Waals surface area contributed by atoms with E-state index < -0.39 is 0 Å². The van der Waals surface area contributed by atoms with E-state index in [1.54, 1.807) is 6.07 Å². The second kappa shape index (κ2) is 5.87. The first-order chi connectivity index (χ1) is 7.08. The van der Waals surface area contributed by atoms with Crippen LogP contribution in [-0.4, -0.2) is 42.1 Å². The molecule has 0 saturated heterocycles. The average Bonchev–Trinajstić information content (AvgIpc) is 2.10. The third-order valence-corrected chi connectivity index (χ3v) is 2.19. The lowest BCUT2D eigenvalue weighted by molar-refractivity contribution is 0.405. The van der Waals surface area contributed by atoms with Gasteiger partial charge in [0, 0.05) is 12.6 Å². The average molecular weight is 274 g/mol. The van der Waals surface area contributed by atoms with E-state index in [-0.39, 0.29) is 0 Å². The summed E-state index contributed by atoms with van der Waals surface area (Å²) in [4.78, 5) is 10.4. The zero-order valence-electron chi connectivity index (χ0n) is 9.00. The van der Waals surface area contributed by atoms with Gasteiger partial charge in [0.2, 0.25) is 5.95 Å². The summed E-state index contributed by atoms with van der Waals surface area (Å²) in [5.41, 5.74) is 5.58. The van der Waals surface area contributed by atoms with Gasteiger partial charge >= 0.3 is 0 Å². The fraction of sp³-hybridized carbons (Fsp3) is 0.556. The molecule has 3 N–H and O–H groups in total. The van der Waals surface area contributed by atoms with Crippen LogP contribution in [0.15, 0.2) is 10.7 Å². The summed E-state index contributed by atoms with van der Waals surface area (Å²) in [6, 6.07) is 1.67. The zero-order chi connectivity index (χ0) is 11.3. The maximum Gasteiger partial charge on any atom is 0.225 e. The largest absolute Gasteiger partial charge is 0.383 e. The van der Waals surface area contributed by atoms with E-state index in [9.17, 15) is 0 Å². The van der Waals surface area contributed by atoms with Crippen molar-refractivity contribution >= 4 is 27.7 Å². The van der Waals surface area contributed by atoms with Crippen molar-refractivity contribution in [3.05, 3.63) is 10.7 Å². The number of aromatic nitrogens is 2. The number of nitrogens with two attached hydrogens (primary N) is 1. The van der Waals surface area contributed by atoms with Gasteiger partial charge in [0.15, 0.2) is 0 Å². The molecule has 0 aromatic carbocycles. The Hall–Kier alpha value is -0.880. The fourth-order valence-corrected chi connectivity index (χ4v) is 1.51. The van der Waals surface area contributed by atoms with Crippen LogP contribution in [0.2, 0.25) is 0 Å². The monoisotopic (exact) mass is 273 g/mol. The molecule has 0 fully saturated rings. The lowest BCUT2D eigenvalue weighted by Gasteiger charge is -2.09. The molecule has 6 heteroatoms. The second-order valence-corrected chi connectivity index (χ2v) is 4.34. The minimum atomic E-state index is 0.465. The Balaban J connectivity index is 2.37. The number of nitrogens with zero attached hydrogens (tertiary/aromatic N) is 3. The molecule has 0 atom stereocenters. The Morgan fingerprint density at radius 2 is 2.20 bits per heavy atom. The van der Waals surface area contributed by atoms with Crippen molar-refractivity contribution in [2.45, 2.75) is 6.42 Å². The molecule has 0 aliphatic carbocycles. The van der Waals surface area contributed by atoms with Crippen molar-refractivity contribution in [1.82, 2.24) is 14.9 Å². The Bertz CT molecular complexity index is 295. The maximum atomic E-state index is 5.58. The molecule has 0 spiro atoms. The Morgan fingerprint density at radius 3 is 2.80 bits per heavy atom. The van der Waals surface area contributed by atoms with Gasteiger partial charge in [0.1, 0.15) is 10.4 Å². The van der Waals surface area contributed by atoms with Crippen LogP contribution in [0, 0.1) is 0 Å². The summed E-state index contributed by atoms with van der Waals surface area (Å²) in [6.07, 6.45) is 1.04. The van der Waals surface area contributed by atoms with Crippen LogP contribution < -0.4 is 11.1 Å². The van der Waals surface area contributed by atoms with Crippen LogP contribution in [0.4, 0.5) is 11.8 Å². The molecule has 1 aromatic rings. The normalized spacial score (nSPS) is 10.7. The van der Waals surface area contributed by atoms with Crippen LogP contribution in [0.3, 0.4) is 0 Å². The Morgan fingerprint density at radius 1 is 1.47 bits per heavy atom. The maximum absolute atomic E-state index is 5.58. The lowest BCUT2D eigenvalue weighted by Crippen LogP contribution is -2.17. The molecule has 5 nitrogen and oxygen atoms in total. The summed E-state index contributed by atoms with van der Waals surface area (Å²) in [6.45, 7) is 1.88. The van der Waals surface area contributed by atoms with Gasteiger partial charge in [-0.3, -0.25) is 0 Å². The van der Waals surface area contributed by atoms with Crippen LogP contribution in [-0.2, 0) is 0 Å². The summed E-state index contributed by atoms with van der Waals surface area (Å²) >= 11 is 3.27. The highest BCUT2D eigenvalue weighted by molar-refractivity contribution is 9.10. The van der Waals surface area contributed by atoms with Crippen LogP contribution in [0.25, 0.3) is 0 Å². The molecule has 0 unspecified atom stereocenters. The highest BCUT2D eigenvalue weighted by Crippen LogP contribution is 2.11. The molecule has 0 radical (unpaired) electrons. The standard InChI is InChI=1S/C9H16BrN5/c1-15(2)5-3-4-12-9-13-7(10)6-8(11)14-9/h6H,3-5H2,1-2H3,(H3,11,12,13,14). The Labute approximate surface area is 98.2 Å². The summed E-state index contributed by atoms with van der Waals surface area (Å²) < 4.78 is 0.699. The molecule has 0 saturated carbocycles.